The lowest BCUT2D eigenvalue weighted by atomic mass is 9.98. The van der Waals surface area contributed by atoms with Crippen molar-refractivity contribution < 1.29 is 14.3 Å². The molecule has 0 atom stereocenters. The molecule has 2 N–H and O–H groups in total. The van der Waals surface area contributed by atoms with E-state index in [1.165, 1.54) is 5.56 Å². The van der Waals surface area contributed by atoms with E-state index in [0.717, 1.165) is 17.7 Å². The topological polar surface area (TPSA) is 64.8 Å². The van der Waals surface area contributed by atoms with Gasteiger partial charge in [0.15, 0.2) is 11.5 Å². The van der Waals surface area contributed by atoms with Crippen molar-refractivity contribution in [3.8, 4) is 11.5 Å². The molecule has 0 spiro atoms. The van der Waals surface area contributed by atoms with Gasteiger partial charge in [-0.15, -0.1) is 12.4 Å². The fraction of sp³-hybridized carbons (Fsp3) is 0.278. The minimum absolute atomic E-state index is 0. The van der Waals surface area contributed by atoms with Crippen LogP contribution in [0.15, 0.2) is 36.4 Å². The van der Waals surface area contributed by atoms with Crippen molar-refractivity contribution in [1.82, 2.24) is 4.90 Å². The number of fused-ring (bicyclic) bond motifs is 1. The van der Waals surface area contributed by atoms with E-state index in [9.17, 15) is 4.79 Å². The molecule has 0 unspecified atom stereocenters. The number of rotatable bonds is 3. The van der Waals surface area contributed by atoms with Crippen LogP contribution in [0.3, 0.4) is 0 Å². The fourth-order valence-electron chi connectivity index (χ4n) is 2.92. The highest BCUT2D eigenvalue weighted by Crippen LogP contribution is 2.33. The minimum atomic E-state index is -0.0384. The van der Waals surface area contributed by atoms with E-state index in [1.807, 2.05) is 29.2 Å². The number of anilines is 1. The van der Waals surface area contributed by atoms with E-state index < -0.39 is 0 Å². The average Bonchev–Trinajstić information content (AvgIpc) is 2.59. The molecular formula is C18H21ClN2O3. The van der Waals surface area contributed by atoms with Gasteiger partial charge in [-0.3, -0.25) is 4.79 Å². The number of nitrogens with zero attached hydrogens (tertiary/aromatic N) is 1. The molecule has 0 bridgehead atoms. The van der Waals surface area contributed by atoms with Gasteiger partial charge in [-0.05, 0) is 41.8 Å². The number of nitrogen functional groups attached to an aromatic ring is 1. The number of ether oxygens (including phenoxy) is 2. The molecular weight excluding hydrogens is 328 g/mol. The van der Waals surface area contributed by atoms with E-state index in [2.05, 4.69) is 0 Å². The van der Waals surface area contributed by atoms with Gasteiger partial charge in [-0.1, -0.05) is 12.1 Å². The third kappa shape index (κ3) is 3.26. The number of halogens is 1. The van der Waals surface area contributed by atoms with Gasteiger partial charge in [0.25, 0.3) is 5.91 Å². The summed E-state index contributed by atoms with van der Waals surface area (Å²) < 4.78 is 10.7. The van der Waals surface area contributed by atoms with Crippen LogP contribution in [0.1, 0.15) is 21.5 Å². The minimum Gasteiger partial charge on any atom is -0.493 e. The highest BCUT2D eigenvalue weighted by molar-refractivity contribution is 5.99. The Hall–Kier alpha value is -2.40. The first kappa shape index (κ1) is 17.9. The van der Waals surface area contributed by atoms with Gasteiger partial charge in [0, 0.05) is 18.8 Å². The van der Waals surface area contributed by atoms with Gasteiger partial charge in [-0.2, -0.15) is 0 Å². The molecule has 6 heteroatoms. The Morgan fingerprint density at radius 2 is 1.71 bits per heavy atom. The maximum absolute atomic E-state index is 12.7. The zero-order valence-electron chi connectivity index (χ0n) is 13.7. The summed E-state index contributed by atoms with van der Waals surface area (Å²) in [6.45, 7) is 1.21. The number of nitrogens with two attached hydrogens (primary N) is 1. The van der Waals surface area contributed by atoms with Crippen LogP contribution in [-0.4, -0.2) is 31.6 Å². The van der Waals surface area contributed by atoms with Crippen LogP contribution >= 0.6 is 12.4 Å². The molecule has 5 nitrogen and oxygen atoms in total. The van der Waals surface area contributed by atoms with Gasteiger partial charge in [0.2, 0.25) is 0 Å². The smallest absolute Gasteiger partial charge is 0.256 e. The zero-order valence-corrected chi connectivity index (χ0v) is 14.6. The number of para-hydroxylation sites is 1. The predicted octanol–water partition coefficient (Wildman–Crippen LogP) is 2.91. The molecule has 0 aliphatic carbocycles. The lowest BCUT2D eigenvalue weighted by Gasteiger charge is -2.30. The Bertz CT molecular complexity index is 749. The molecule has 0 saturated carbocycles. The summed E-state index contributed by atoms with van der Waals surface area (Å²) in [6, 6.07) is 11.1. The van der Waals surface area contributed by atoms with Crippen molar-refractivity contribution in [2.24, 2.45) is 0 Å². The van der Waals surface area contributed by atoms with Gasteiger partial charge in [0.05, 0.1) is 19.8 Å². The third-order valence-electron chi connectivity index (χ3n) is 4.20. The predicted molar refractivity (Wildman–Crippen MR) is 96.1 cm³/mol. The number of hydrogen-bond acceptors (Lipinski definition) is 4. The highest BCUT2D eigenvalue weighted by Gasteiger charge is 2.24. The number of methoxy groups -OCH3 is 2. The summed E-state index contributed by atoms with van der Waals surface area (Å²) >= 11 is 0. The van der Waals surface area contributed by atoms with Crippen molar-refractivity contribution in [3.05, 3.63) is 53.1 Å². The molecule has 1 aliphatic heterocycles. The summed E-state index contributed by atoms with van der Waals surface area (Å²) in [5.41, 5.74) is 9.25. The molecule has 3 rings (SSSR count). The highest BCUT2D eigenvalue weighted by atomic mass is 35.5. The standard InChI is InChI=1S/C18H20N2O3.ClH/c1-22-16-9-12-7-8-20(11-13(12)10-17(16)23-2)18(21)14-5-3-4-6-15(14)19;/h3-6,9-10H,7-8,11,19H2,1-2H3;1H. The number of carbonyl (C=O) groups excluding carboxylic acids is 1. The second-order valence-corrected chi connectivity index (χ2v) is 5.54. The van der Waals surface area contributed by atoms with Crippen LogP contribution in [-0.2, 0) is 13.0 Å². The first-order chi connectivity index (χ1) is 11.1. The number of hydrogen-bond donors (Lipinski definition) is 1. The van der Waals surface area contributed by atoms with E-state index in [1.54, 1.807) is 26.4 Å². The molecule has 1 heterocycles. The van der Waals surface area contributed by atoms with Gasteiger partial charge >= 0.3 is 0 Å². The van der Waals surface area contributed by atoms with Crippen molar-refractivity contribution in [1.29, 1.82) is 0 Å². The van der Waals surface area contributed by atoms with E-state index in [0.29, 0.717) is 30.1 Å². The van der Waals surface area contributed by atoms with Crippen molar-refractivity contribution in [2.75, 3.05) is 26.5 Å². The van der Waals surface area contributed by atoms with Crippen LogP contribution in [0.2, 0.25) is 0 Å². The van der Waals surface area contributed by atoms with Crippen LogP contribution in [0.4, 0.5) is 5.69 Å². The van der Waals surface area contributed by atoms with Crippen LogP contribution in [0.5, 0.6) is 11.5 Å². The SMILES string of the molecule is COc1cc2c(cc1OC)CN(C(=O)c1ccccc1N)CC2.Cl. The van der Waals surface area contributed by atoms with Gasteiger partial charge in [0.1, 0.15) is 0 Å². The summed E-state index contributed by atoms with van der Waals surface area (Å²) in [6.07, 6.45) is 0.786. The van der Waals surface area contributed by atoms with E-state index >= 15 is 0 Å². The maximum atomic E-state index is 12.7. The Kier molecular flexibility index (Phi) is 5.57. The Morgan fingerprint density at radius 1 is 1.08 bits per heavy atom. The Balaban J connectivity index is 0.00000208. The lowest BCUT2D eigenvalue weighted by Crippen LogP contribution is -2.36. The van der Waals surface area contributed by atoms with Gasteiger partial charge in [-0.25, -0.2) is 0 Å². The van der Waals surface area contributed by atoms with Crippen LogP contribution in [0.25, 0.3) is 0 Å². The second-order valence-electron chi connectivity index (χ2n) is 5.54. The summed E-state index contributed by atoms with van der Waals surface area (Å²) in [7, 11) is 3.24. The molecule has 1 aliphatic rings. The normalized spacial score (nSPS) is 12.8. The average molecular weight is 349 g/mol. The molecule has 2 aromatic rings. The molecule has 0 fully saturated rings. The van der Waals surface area contributed by atoms with Crippen molar-refractivity contribution in [3.63, 3.8) is 0 Å². The molecule has 24 heavy (non-hydrogen) atoms. The molecule has 0 radical (unpaired) electrons. The molecule has 0 saturated heterocycles. The molecule has 1 amide bonds. The lowest BCUT2D eigenvalue weighted by molar-refractivity contribution is 0.0735. The number of carbonyl (C=O) groups is 1. The van der Waals surface area contributed by atoms with Gasteiger partial charge < -0.3 is 20.1 Å². The fourth-order valence-corrected chi connectivity index (χ4v) is 2.92. The number of amides is 1. The van der Waals surface area contributed by atoms with E-state index in [4.69, 9.17) is 15.2 Å². The second kappa shape index (κ2) is 7.45. The third-order valence-corrected chi connectivity index (χ3v) is 4.20. The molecule has 2 aromatic carbocycles. The summed E-state index contributed by atoms with van der Waals surface area (Å²) in [4.78, 5) is 14.5. The monoisotopic (exact) mass is 348 g/mol. The summed E-state index contributed by atoms with van der Waals surface area (Å²) in [5, 5.41) is 0. The van der Waals surface area contributed by atoms with Crippen molar-refractivity contribution in [2.45, 2.75) is 13.0 Å². The molecule has 0 aromatic heterocycles. The Morgan fingerprint density at radius 3 is 2.33 bits per heavy atom. The Labute approximate surface area is 147 Å². The first-order valence-electron chi connectivity index (χ1n) is 7.51. The quantitative estimate of drug-likeness (QED) is 0.866. The zero-order chi connectivity index (χ0) is 16.4. The molecule has 128 valence electrons. The van der Waals surface area contributed by atoms with Crippen molar-refractivity contribution >= 4 is 24.0 Å². The van der Waals surface area contributed by atoms with E-state index in [-0.39, 0.29) is 18.3 Å². The summed E-state index contributed by atoms with van der Waals surface area (Å²) in [5.74, 6) is 1.36. The van der Waals surface area contributed by atoms with Crippen LogP contribution < -0.4 is 15.2 Å². The van der Waals surface area contributed by atoms with Crippen LogP contribution in [0, 0.1) is 0 Å². The number of benzene rings is 2. The largest absolute Gasteiger partial charge is 0.493 e. The first-order valence-corrected chi connectivity index (χ1v) is 7.51. The maximum Gasteiger partial charge on any atom is 0.256 e.